The molecule has 3 heterocycles. The standard InChI is InChI=1S/C20H25N5O2S/c1-23-9-11-24(12-10-23)17-6-3-2-5-16(17)22-18(26)13-15-14-28-20(21-15)25-8-4-7-19(25)27/h2-3,5-6,14H,4,7-13H2,1H3,(H,22,26). The molecule has 2 amide bonds. The molecule has 1 aromatic heterocycles. The van der Waals surface area contributed by atoms with Crippen LogP contribution < -0.4 is 15.1 Å². The smallest absolute Gasteiger partial charge is 0.230 e. The second kappa shape index (κ2) is 8.28. The molecule has 0 spiro atoms. The number of nitrogens with one attached hydrogen (secondary N) is 1. The summed E-state index contributed by atoms with van der Waals surface area (Å²) < 4.78 is 0. The van der Waals surface area contributed by atoms with Crippen LogP contribution in [0.25, 0.3) is 0 Å². The zero-order chi connectivity index (χ0) is 19.5. The molecule has 1 N–H and O–H groups in total. The second-order valence-electron chi connectivity index (χ2n) is 7.30. The van der Waals surface area contributed by atoms with E-state index in [1.165, 1.54) is 11.3 Å². The molecule has 2 saturated heterocycles. The highest BCUT2D eigenvalue weighted by Gasteiger charge is 2.24. The molecular weight excluding hydrogens is 374 g/mol. The fourth-order valence-electron chi connectivity index (χ4n) is 3.61. The van der Waals surface area contributed by atoms with Gasteiger partial charge in [0.25, 0.3) is 0 Å². The Labute approximate surface area is 169 Å². The number of para-hydroxylation sites is 2. The number of anilines is 3. The van der Waals surface area contributed by atoms with Gasteiger partial charge in [0.1, 0.15) is 0 Å². The van der Waals surface area contributed by atoms with Crippen molar-refractivity contribution in [2.45, 2.75) is 19.3 Å². The van der Waals surface area contributed by atoms with Gasteiger partial charge in [0.15, 0.2) is 5.13 Å². The Morgan fingerprint density at radius 2 is 1.96 bits per heavy atom. The van der Waals surface area contributed by atoms with E-state index in [0.717, 1.165) is 50.5 Å². The topological polar surface area (TPSA) is 68.8 Å². The van der Waals surface area contributed by atoms with Crippen LogP contribution in [0, 0.1) is 0 Å². The van der Waals surface area contributed by atoms with Gasteiger partial charge in [-0.25, -0.2) is 4.98 Å². The lowest BCUT2D eigenvalue weighted by Gasteiger charge is -2.35. The predicted octanol–water partition coefficient (Wildman–Crippen LogP) is 2.20. The predicted molar refractivity (Wildman–Crippen MR) is 112 cm³/mol. The summed E-state index contributed by atoms with van der Waals surface area (Å²) in [7, 11) is 2.13. The normalized spacial score (nSPS) is 18.0. The lowest BCUT2D eigenvalue weighted by molar-refractivity contribution is -0.117. The van der Waals surface area contributed by atoms with E-state index in [9.17, 15) is 9.59 Å². The van der Waals surface area contributed by atoms with E-state index in [0.29, 0.717) is 17.2 Å². The largest absolute Gasteiger partial charge is 0.367 e. The number of thiazole rings is 1. The number of carbonyl (C=O) groups excluding carboxylic acids is 2. The summed E-state index contributed by atoms with van der Waals surface area (Å²) in [6, 6.07) is 7.94. The number of carbonyl (C=O) groups is 2. The molecule has 0 aliphatic carbocycles. The first-order valence-corrected chi connectivity index (χ1v) is 10.6. The minimum atomic E-state index is -0.0915. The number of amides is 2. The van der Waals surface area contributed by atoms with Crippen LogP contribution in [-0.4, -0.2) is 61.5 Å². The third-order valence-corrected chi connectivity index (χ3v) is 6.12. The van der Waals surface area contributed by atoms with Crippen molar-refractivity contribution < 1.29 is 9.59 Å². The van der Waals surface area contributed by atoms with Crippen molar-refractivity contribution in [3.8, 4) is 0 Å². The van der Waals surface area contributed by atoms with Crippen molar-refractivity contribution in [3.63, 3.8) is 0 Å². The van der Waals surface area contributed by atoms with Gasteiger partial charge in [-0.15, -0.1) is 11.3 Å². The zero-order valence-corrected chi connectivity index (χ0v) is 16.9. The van der Waals surface area contributed by atoms with Crippen LogP contribution in [0.4, 0.5) is 16.5 Å². The summed E-state index contributed by atoms with van der Waals surface area (Å²) in [5.74, 6) is 0.0256. The van der Waals surface area contributed by atoms with Crippen molar-refractivity contribution in [1.82, 2.24) is 9.88 Å². The molecule has 7 nitrogen and oxygen atoms in total. The maximum atomic E-state index is 12.6. The number of nitrogens with zero attached hydrogens (tertiary/aromatic N) is 4. The quantitative estimate of drug-likeness (QED) is 0.835. The van der Waals surface area contributed by atoms with Crippen LogP contribution >= 0.6 is 11.3 Å². The van der Waals surface area contributed by atoms with Crippen molar-refractivity contribution in [2.75, 3.05) is 54.9 Å². The summed E-state index contributed by atoms with van der Waals surface area (Å²) in [5.41, 5.74) is 2.60. The number of aromatic nitrogens is 1. The van der Waals surface area contributed by atoms with Crippen molar-refractivity contribution in [3.05, 3.63) is 35.3 Å². The van der Waals surface area contributed by atoms with Gasteiger partial charge < -0.3 is 15.1 Å². The molecule has 0 bridgehead atoms. The Bertz CT molecular complexity index is 860. The summed E-state index contributed by atoms with van der Waals surface area (Å²) in [6.07, 6.45) is 1.66. The molecule has 2 aliphatic rings. The minimum absolute atomic E-state index is 0.0915. The highest BCUT2D eigenvalue weighted by Crippen LogP contribution is 2.28. The van der Waals surface area contributed by atoms with E-state index in [-0.39, 0.29) is 18.2 Å². The molecule has 2 aliphatic heterocycles. The number of likely N-dealkylation sites (N-methyl/N-ethyl adjacent to an activating group) is 1. The van der Waals surface area contributed by atoms with Crippen LogP contribution in [0.2, 0.25) is 0 Å². The summed E-state index contributed by atoms with van der Waals surface area (Å²) >= 11 is 1.43. The van der Waals surface area contributed by atoms with Crippen LogP contribution in [-0.2, 0) is 16.0 Å². The molecule has 28 heavy (non-hydrogen) atoms. The van der Waals surface area contributed by atoms with E-state index in [1.807, 2.05) is 23.6 Å². The SMILES string of the molecule is CN1CCN(c2ccccc2NC(=O)Cc2csc(N3CCCC3=O)n2)CC1. The molecular formula is C20H25N5O2S. The first kappa shape index (κ1) is 18.9. The molecule has 148 valence electrons. The number of rotatable bonds is 5. The number of benzene rings is 1. The Morgan fingerprint density at radius 3 is 2.71 bits per heavy atom. The zero-order valence-electron chi connectivity index (χ0n) is 16.1. The Morgan fingerprint density at radius 1 is 1.18 bits per heavy atom. The minimum Gasteiger partial charge on any atom is -0.367 e. The summed E-state index contributed by atoms with van der Waals surface area (Å²) in [5, 5.41) is 5.61. The molecule has 0 radical (unpaired) electrons. The van der Waals surface area contributed by atoms with Gasteiger partial charge in [0.05, 0.1) is 23.5 Å². The number of hydrogen-bond acceptors (Lipinski definition) is 6. The van der Waals surface area contributed by atoms with Crippen molar-refractivity contribution in [1.29, 1.82) is 0 Å². The monoisotopic (exact) mass is 399 g/mol. The van der Waals surface area contributed by atoms with Gasteiger partial charge in [-0.2, -0.15) is 0 Å². The Kier molecular flexibility index (Phi) is 5.59. The summed E-state index contributed by atoms with van der Waals surface area (Å²) in [6.45, 7) is 4.64. The van der Waals surface area contributed by atoms with Crippen molar-refractivity contribution in [2.24, 2.45) is 0 Å². The van der Waals surface area contributed by atoms with Crippen LogP contribution in [0.1, 0.15) is 18.5 Å². The highest BCUT2D eigenvalue weighted by atomic mass is 32.1. The highest BCUT2D eigenvalue weighted by molar-refractivity contribution is 7.14. The Balaban J connectivity index is 1.40. The van der Waals surface area contributed by atoms with E-state index < -0.39 is 0 Å². The third kappa shape index (κ3) is 4.18. The van der Waals surface area contributed by atoms with Crippen LogP contribution in [0.3, 0.4) is 0 Å². The van der Waals surface area contributed by atoms with E-state index in [1.54, 1.807) is 4.90 Å². The average Bonchev–Trinajstić information content (AvgIpc) is 3.31. The van der Waals surface area contributed by atoms with E-state index in [4.69, 9.17) is 0 Å². The van der Waals surface area contributed by atoms with Crippen LogP contribution in [0.15, 0.2) is 29.6 Å². The molecule has 2 aromatic rings. The summed E-state index contributed by atoms with van der Waals surface area (Å²) in [4.78, 5) is 35.3. The number of hydrogen-bond donors (Lipinski definition) is 1. The third-order valence-electron chi connectivity index (χ3n) is 5.21. The molecule has 8 heteroatoms. The van der Waals surface area contributed by atoms with Gasteiger partial charge in [-0.05, 0) is 25.6 Å². The molecule has 1 aromatic carbocycles. The maximum absolute atomic E-state index is 12.6. The molecule has 2 fully saturated rings. The maximum Gasteiger partial charge on any atom is 0.230 e. The van der Waals surface area contributed by atoms with Crippen molar-refractivity contribution >= 4 is 39.7 Å². The van der Waals surface area contributed by atoms with E-state index in [2.05, 4.69) is 33.2 Å². The molecule has 0 saturated carbocycles. The molecule has 0 unspecified atom stereocenters. The molecule has 0 atom stereocenters. The fourth-order valence-corrected chi connectivity index (χ4v) is 4.48. The fraction of sp³-hybridized carbons (Fsp3) is 0.450. The molecule has 4 rings (SSSR count). The van der Waals surface area contributed by atoms with Gasteiger partial charge in [0.2, 0.25) is 11.8 Å². The average molecular weight is 400 g/mol. The number of piperazine rings is 1. The second-order valence-corrected chi connectivity index (χ2v) is 8.14. The van der Waals surface area contributed by atoms with E-state index >= 15 is 0 Å². The van der Waals surface area contributed by atoms with Gasteiger partial charge >= 0.3 is 0 Å². The van der Waals surface area contributed by atoms with Gasteiger partial charge in [-0.3, -0.25) is 14.5 Å². The van der Waals surface area contributed by atoms with Crippen LogP contribution in [0.5, 0.6) is 0 Å². The first-order chi connectivity index (χ1) is 13.6. The van der Waals surface area contributed by atoms with Gasteiger partial charge in [-0.1, -0.05) is 12.1 Å². The lowest BCUT2D eigenvalue weighted by Crippen LogP contribution is -2.44. The van der Waals surface area contributed by atoms with Gasteiger partial charge in [0, 0.05) is 44.5 Å². The Hall–Kier alpha value is -2.45. The first-order valence-electron chi connectivity index (χ1n) is 9.67. The lowest BCUT2D eigenvalue weighted by atomic mass is 10.2.